The van der Waals surface area contributed by atoms with Gasteiger partial charge >= 0.3 is 0 Å². The largest absolute Gasteiger partial charge is 0.308 e. The maximum Gasteiger partial charge on any atom is 0.179 e. The molecular weight excluding hydrogens is 160 g/mol. The van der Waals surface area contributed by atoms with Crippen LogP contribution < -0.4 is 0 Å². The van der Waals surface area contributed by atoms with Gasteiger partial charge in [0.1, 0.15) is 0 Å². The van der Waals surface area contributed by atoms with E-state index in [0.29, 0.717) is 6.04 Å². The molecular formula is C11H20N2. The van der Waals surface area contributed by atoms with Gasteiger partial charge in [0.2, 0.25) is 0 Å². The van der Waals surface area contributed by atoms with Gasteiger partial charge in [0.05, 0.1) is 0 Å². The topological polar surface area (TPSA) is 27.0 Å². The summed E-state index contributed by atoms with van der Waals surface area (Å²) < 4.78 is 0. The van der Waals surface area contributed by atoms with Gasteiger partial charge in [0.15, 0.2) is 6.19 Å². The Morgan fingerprint density at radius 2 is 2.00 bits per heavy atom. The Bertz CT molecular complexity index is 165. The first-order chi connectivity index (χ1) is 6.38. The molecule has 1 saturated carbocycles. The molecule has 0 saturated heterocycles. The molecule has 13 heavy (non-hydrogen) atoms. The monoisotopic (exact) mass is 180 g/mol. The fourth-order valence-corrected chi connectivity index (χ4v) is 2.04. The quantitative estimate of drug-likeness (QED) is 0.491. The van der Waals surface area contributed by atoms with Crippen molar-refractivity contribution in [2.24, 2.45) is 0 Å². The van der Waals surface area contributed by atoms with Crippen LogP contribution in [0.2, 0.25) is 0 Å². The van der Waals surface area contributed by atoms with Crippen LogP contribution in [0.5, 0.6) is 0 Å². The number of hydrogen-bond donors (Lipinski definition) is 0. The molecule has 0 N–H and O–H groups in total. The van der Waals surface area contributed by atoms with Crippen molar-refractivity contribution in [3.63, 3.8) is 0 Å². The molecule has 1 fully saturated rings. The summed E-state index contributed by atoms with van der Waals surface area (Å²) in [6.07, 6.45) is 11.1. The van der Waals surface area contributed by atoms with Gasteiger partial charge in [-0.3, -0.25) is 0 Å². The van der Waals surface area contributed by atoms with Crippen LogP contribution in [0.3, 0.4) is 0 Å². The zero-order valence-corrected chi connectivity index (χ0v) is 8.63. The Morgan fingerprint density at radius 3 is 2.54 bits per heavy atom. The molecule has 0 bridgehead atoms. The number of hydrogen-bond acceptors (Lipinski definition) is 2. The molecule has 1 aliphatic carbocycles. The van der Waals surface area contributed by atoms with Crippen molar-refractivity contribution in [2.75, 3.05) is 6.54 Å². The van der Waals surface area contributed by atoms with Gasteiger partial charge in [-0.25, -0.2) is 0 Å². The van der Waals surface area contributed by atoms with Crippen molar-refractivity contribution in [3.8, 4) is 6.19 Å². The van der Waals surface area contributed by atoms with Crippen molar-refractivity contribution >= 4 is 0 Å². The minimum absolute atomic E-state index is 0.560. The highest BCUT2D eigenvalue weighted by molar-refractivity contribution is 4.84. The van der Waals surface area contributed by atoms with E-state index in [1.54, 1.807) is 0 Å². The van der Waals surface area contributed by atoms with Crippen LogP contribution in [0.25, 0.3) is 0 Å². The molecule has 2 nitrogen and oxygen atoms in total. The van der Waals surface area contributed by atoms with E-state index in [0.717, 1.165) is 13.0 Å². The highest BCUT2D eigenvalue weighted by atomic mass is 15.1. The van der Waals surface area contributed by atoms with Gasteiger partial charge in [-0.1, -0.05) is 32.6 Å². The normalized spacial score (nSPS) is 18.2. The smallest absolute Gasteiger partial charge is 0.179 e. The van der Waals surface area contributed by atoms with Crippen LogP contribution in [-0.2, 0) is 0 Å². The molecule has 0 spiro atoms. The van der Waals surface area contributed by atoms with Crippen molar-refractivity contribution in [1.82, 2.24) is 4.90 Å². The first kappa shape index (κ1) is 10.4. The summed E-state index contributed by atoms with van der Waals surface area (Å²) in [4.78, 5) is 2.00. The predicted octanol–water partition coefficient (Wildman–Crippen LogP) is 2.90. The highest BCUT2D eigenvalue weighted by Crippen LogP contribution is 2.22. The highest BCUT2D eigenvalue weighted by Gasteiger charge is 2.18. The van der Waals surface area contributed by atoms with Crippen molar-refractivity contribution < 1.29 is 0 Å². The van der Waals surface area contributed by atoms with Gasteiger partial charge in [-0.2, -0.15) is 5.26 Å². The summed E-state index contributed by atoms with van der Waals surface area (Å²) in [5.41, 5.74) is 0. The van der Waals surface area contributed by atoms with Gasteiger partial charge in [0, 0.05) is 12.6 Å². The molecule has 1 rings (SSSR count). The summed E-state index contributed by atoms with van der Waals surface area (Å²) in [6, 6.07) is 0.560. The second-order valence-electron chi connectivity index (χ2n) is 3.94. The molecule has 0 aromatic carbocycles. The average molecular weight is 180 g/mol. The number of nitriles is 1. The molecule has 1 aliphatic rings. The molecule has 0 aliphatic heterocycles. The van der Waals surface area contributed by atoms with E-state index in [1.807, 2.05) is 4.90 Å². The molecule has 0 unspecified atom stereocenters. The number of unbranched alkanes of at least 4 members (excludes halogenated alkanes) is 1. The third-order valence-electron chi connectivity index (χ3n) is 2.90. The third-order valence-corrected chi connectivity index (χ3v) is 2.90. The maximum absolute atomic E-state index is 8.98. The van der Waals surface area contributed by atoms with Crippen LogP contribution in [0.4, 0.5) is 0 Å². The summed E-state index contributed by atoms with van der Waals surface area (Å²) in [6.45, 7) is 3.15. The summed E-state index contributed by atoms with van der Waals surface area (Å²) in [5.74, 6) is 0. The Hall–Kier alpha value is -0.710. The minimum Gasteiger partial charge on any atom is -0.308 e. The van der Waals surface area contributed by atoms with Crippen molar-refractivity contribution in [1.29, 1.82) is 5.26 Å². The van der Waals surface area contributed by atoms with E-state index in [2.05, 4.69) is 13.1 Å². The van der Waals surface area contributed by atoms with Crippen LogP contribution in [0.15, 0.2) is 0 Å². The van der Waals surface area contributed by atoms with Crippen molar-refractivity contribution in [3.05, 3.63) is 0 Å². The standard InChI is InChI=1S/C11H20N2/c1-2-3-9-13(10-12)11-7-5-4-6-8-11/h11H,2-9H2,1H3. The molecule has 0 amide bonds. The van der Waals surface area contributed by atoms with Gasteiger partial charge < -0.3 is 4.90 Å². The van der Waals surface area contributed by atoms with Crippen LogP contribution in [0, 0.1) is 11.5 Å². The first-order valence-electron chi connectivity index (χ1n) is 5.55. The summed E-state index contributed by atoms with van der Waals surface area (Å²) >= 11 is 0. The zero-order chi connectivity index (χ0) is 9.52. The van der Waals surface area contributed by atoms with Gasteiger partial charge in [0.25, 0.3) is 0 Å². The fraction of sp³-hybridized carbons (Fsp3) is 0.909. The average Bonchev–Trinajstić information content (AvgIpc) is 2.21. The molecule has 0 aromatic rings. The van der Waals surface area contributed by atoms with Crippen molar-refractivity contribution in [2.45, 2.75) is 57.9 Å². The molecule has 2 heteroatoms. The Labute approximate surface area is 81.5 Å². The summed E-state index contributed by atoms with van der Waals surface area (Å²) in [5, 5.41) is 8.98. The second kappa shape index (κ2) is 5.85. The maximum atomic E-state index is 8.98. The van der Waals surface area contributed by atoms with Gasteiger partial charge in [-0.15, -0.1) is 0 Å². The molecule has 0 atom stereocenters. The van der Waals surface area contributed by atoms with Crippen LogP contribution >= 0.6 is 0 Å². The van der Waals surface area contributed by atoms with E-state index >= 15 is 0 Å². The molecule has 0 heterocycles. The SMILES string of the molecule is CCCCN(C#N)C1CCCCC1. The lowest BCUT2D eigenvalue weighted by Crippen LogP contribution is -2.33. The number of rotatable bonds is 4. The third kappa shape index (κ3) is 3.26. The summed E-state index contributed by atoms with van der Waals surface area (Å²) in [7, 11) is 0. The fourth-order valence-electron chi connectivity index (χ4n) is 2.04. The first-order valence-corrected chi connectivity index (χ1v) is 5.55. The Balaban J connectivity index is 2.31. The minimum atomic E-state index is 0.560. The van der Waals surface area contributed by atoms with E-state index < -0.39 is 0 Å². The van der Waals surface area contributed by atoms with E-state index in [9.17, 15) is 0 Å². The Morgan fingerprint density at radius 1 is 1.31 bits per heavy atom. The number of nitrogens with zero attached hydrogens (tertiary/aromatic N) is 2. The van der Waals surface area contributed by atoms with E-state index in [1.165, 1.54) is 38.5 Å². The van der Waals surface area contributed by atoms with E-state index in [4.69, 9.17) is 5.26 Å². The second-order valence-corrected chi connectivity index (χ2v) is 3.94. The Kier molecular flexibility index (Phi) is 4.67. The molecule has 0 radical (unpaired) electrons. The van der Waals surface area contributed by atoms with Crippen LogP contribution in [-0.4, -0.2) is 17.5 Å². The zero-order valence-electron chi connectivity index (χ0n) is 8.63. The lowest BCUT2D eigenvalue weighted by molar-refractivity contribution is 0.225. The van der Waals surface area contributed by atoms with Gasteiger partial charge in [-0.05, 0) is 19.3 Å². The van der Waals surface area contributed by atoms with E-state index in [-0.39, 0.29) is 0 Å². The molecule has 0 aromatic heterocycles. The molecule has 74 valence electrons. The lowest BCUT2D eigenvalue weighted by atomic mass is 9.94. The van der Waals surface area contributed by atoms with Crippen LogP contribution in [0.1, 0.15) is 51.9 Å². The predicted molar refractivity (Wildman–Crippen MR) is 54.1 cm³/mol. The lowest BCUT2D eigenvalue weighted by Gasteiger charge is -2.29.